The predicted octanol–water partition coefficient (Wildman–Crippen LogP) is 3.76. The highest BCUT2D eigenvalue weighted by atomic mass is 19.1. The van der Waals surface area contributed by atoms with Crippen LogP contribution in [0.4, 0.5) is 10.3 Å². The number of anilines is 1. The zero-order valence-corrected chi connectivity index (χ0v) is 16.1. The number of rotatable bonds is 6. The van der Waals surface area contributed by atoms with Gasteiger partial charge in [0.25, 0.3) is 0 Å². The second-order valence-corrected chi connectivity index (χ2v) is 7.18. The average molecular weight is 370 g/mol. The Kier molecular flexibility index (Phi) is 6.37. The van der Waals surface area contributed by atoms with Gasteiger partial charge in [-0.2, -0.15) is 0 Å². The van der Waals surface area contributed by atoms with Crippen molar-refractivity contribution in [2.75, 3.05) is 31.6 Å². The standard InChI is InChI=1S/C21H27FN4O/c1-3-4-11-25(2)20(27)17-6-5-12-26(15-17)21-23-13-18(14-24-21)16-7-9-19(22)10-8-16/h7-10,13-14,17H,3-6,11-12,15H2,1-2H3/t17-/m0/s1. The molecule has 1 atom stereocenters. The molecule has 0 radical (unpaired) electrons. The van der Waals surface area contributed by atoms with Crippen molar-refractivity contribution in [1.29, 1.82) is 0 Å². The van der Waals surface area contributed by atoms with E-state index < -0.39 is 0 Å². The van der Waals surface area contributed by atoms with E-state index in [2.05, 4.69) is 21.8 Å². The topological polar surface area (TPSA) is 49.3 Å². The molecule has 1 amide bonds. The highest BCUT2D eigenvalue weighted by molar-refractivity contribution is 5.79. The minimum atomic E-state index is -0.260. The van der Waals surface area contributed by atoms with E-state index in [1.54, 1.807) is 24.5 Å². The van der Waals surface area contributed by atoms with E-state index in [-0.39, 0.29) is 17.6 Å². The summed E-state index contributed by atoms with van der Waals surface area (Å²) in [6.45, 7) is 4.46. The Morgan fingerprint density at radius 3 is 2.59 bits per heavy atom. The molecule has 0 bridgehead atoms. The summed E-state index contributed by atoms with van der Waals surface area (Å²) >= 11 is 0. The average Bonchev–Trinajstić information content (AvgIpc) is 2.72. The number of carbonyl (C=O) groups is 1. The third-order valence-electron chi connectivity index (χ3n) is 5.09. The highest BCUT2D eigenvalue weighted by Crippen LogP contribution is 2.24. The van der Waals surface area contributed by atoms with Crippen LogP contribution in [-0.4, -0.2) is 47.5 Å². The Morgan fingerprint density at radius 1 is 1.22 bits per heavy atom. The zero-order valence-electron chi connectivity index (χ0n) is 16.1. The molecule has 1 aliphatic heterocycles. The number of carbonyl (C=O) groups excluding carboxylic acids is 1. The minimum absolute atomic E-state index is 0.000909. The van der Waals surface area contributed by atoms with Gasteiger partial charge in [0.2, 0.25) is 11.9 Å². The van der Waals surface area contributed by atoms with E-state index in [0.717, 1.165) is 49.9 Å². The molecule has 144 valence electrons. The first-order valence-electron chi connectivity index (χ1n) is 9.66. The molecule has 0 aliphatic carbocycles. The summed E-state index contributed by atoms with van der Waals surface area (Å²) in [5.41, 5.74) is 1.73. The number of piperidine rings is 1. The third-order valence-corrected chi connectivity index (χ3v) is 5.09. The molecule has 3 rings (SSSR count). The molecule has 6 heteroatoms. The molecule has 0 saturated carbocycles. The normalized spacial score (nSPS) is 17.0. The quantitative estimate of drug-likeness (QED) is 0.777. The lowest BCUT2D eigenvalue weighted by Crippen LogP contribution is -2.44. The molecule has 5 nitrogen and oxygen atoms in total. The van der Waals surface area contributed by atoms with Crippen LogP contribution in [0.2, 0.25) is 0 Å². The van der Waals surface area contributed by atoms with Crippen LogP contribution in [0.25, 0.3) is 11.1 Å². The molecule has 1 aliphatic rings. The van der Waals surface area contributed by atoms with Crippen LogP contribution >= 0.6 is 0 Å². The van der Waals surface area contributed by atoms with Gasteiger partial charge >= 0.3 is 0 Å². The van der Waals surface area contributed by atoms with Crippen LogP contribution < -0.4 is 4.90 Å². The maximum Gasteiger partial charge on any atom is 0.227 e. The van der Waals surface area contributed by atoms with Crippen LogP contribution in [0, 0.1) is 11.7 Å². The van der Waals surface area contributed by atoms with Gasteiger partial charge in [-0.25, -0.2) is 14.4 Å². The fourth-order valence-electron chi connectivity index (χ4n) is 3.45. The fourth-order valence-corrected chi connectivity index (χ4v) is 3.45. The fraction of sp³-hybridized carbons (Fsp3) is 0.476. The summed E-state index contributed by atoms with van der Waals surface area (Å²) in [6.07, 6.45) is 7.51. The summed E-state index contributed by atoms with van der Waals surface area (Å²) in [5.74, 6) is 0.607. The molecular weight excluding hydrogens is 343 g/mol. The van der Waals surface area contributed by atoms with Crippen molar-refractivity contribution < 1.29 is 9.18 Å². The van der Waals surface area contributed by atoms with Gasteiger partial charge in [-0.05, 0) is 37.0 Å². The second kappa shape index (κ2) is 8.93. The molecule has 1 fully saturated rings. The third kappa shape index (κ3) is 4.81. The molecule has 2 heterocycles. The monoisotopic (exact) mass is 370 g/mol. The summed E-state index contributed by atoms with van der Waals surface area (Å²) in [7, 11) is 1.89. The number of halogens is 1. The lowest BCUT2D eigenvalue weighted by molar-refractivity contribution is -0.134. The van der Waals surface area contributed by atoms with Crippen molar-refractivity contribution in [2.24, 2.45) is 5.92 Å². The van der Waals surface area contributed by atoms with Gasteiger partial charge in [-0.15, -0.1) is 0 Å². The Bertz CT molecular complexity index is 748. The molecule has 0 spiro atoms. The van der Waals surface area contributed by atoms with Crippen LogP contribution in [0.3, 0.4) is 0 Å². The van der Waals surface area contributed by atoms with Gasteiger partial charge in [0, 0.05) is 44.6 Å². The number of amides is 1. The number of nitrogens with zero attached hydrogens (tertiary/aromatic N) is 4. The summed E-state index contributed by atoms with van der Waals surface area (Å²) in [6, 6.07) is 6.29. The van der Waals surface area contributed by atoms with Crippen LogP contribution in [0.1, 0.15) is 32.6 Å². The minimum Gasteiger partial charge on any atom is -0.345 e. The largest absolute Gasteiger partial charge is 0.345 e. The van der Waals surface area contributed by atoms with Crippen LogP contribution in [0.15, 0.2) is 36.7 Å². The van der Waals surface area contributed by atoms with Gasteiger partial charge in [0.1, 0.15) is 5.82 Å². The van der Waals surface area contributed by atoms with Crippen molar-refractivity contribution in [3.8, 4) is 11.1 Å². The lowest BCUT2D eigenvalue weighted by Gasteiger charge is -2.34. The van der Waals surface area contributed by atoms with E-state index in [4.69, 9.17) is 0 Å². The summed E-state index contributed by atoms with van der Waals surface area (Å²) in [4.78, 5) is 25.6. The van der Waals surface area contributed by atoms with Gasteiger partial charge in [-0.3, -0.25) is 4.79 Å². The first-order valence-corrected chi connectivity index (χ1v) is 9.66. The molecule has 0 unspecified atom stereocenters. The molecule has 27 heavy (non-hydrogen) atoms. The molecule has 1 saturated heterocycles. The predicted molar refractivity (Wildman–Crippen MR) is 105 cm³/mol. The van der Waals surface area contributed by atoms with E-state index in [1.165, 1.54) is 12.1 Å². The molecule has 1 aromatic carbocycles. The van der Waals surface area contributed by atoms with E-state index in [9.17, 15) is 9.18 Å². The summed E-state index contributed by atoms with van der Waals surface area (Å²) < 4.78 is 13.1. The SMILES string of the molecule is CCCCN(C)C(=O)[C@H]1CCCN(c2ncc(-c3ccc(F)cc3)cn2)C1. The molecular formula is C21H27FN4O. The maximum atomic E-state index is 13.1. The maximum absolute atomic E-state index is 13.1. The Labute approximate surface area is 160 Å². The number of benzene rings is 1. The van der Waals surface area contributed by atoms with E-state index in [1.807, 2.05) is 11.9 Å². The van der Waals surface area contributed by atoms with Crippen molar-refractivity contribution in [3.63, 3.8) is 0 Å². The van der Waals surface area contributed by atoms with E-state index >= 15 is 0 Å². The van der Waals surface area contributed by atoms with Crippen molar-refractivity contribution in [3.05, 3.63) is 42.5 Å². The van der Waals surface area contributed by atoms with Crippen LogP contribution in [-0.2, 0) is 4.79 Å². The number of hydrogen-bond donors (Lipinski definition) is 0. The van der Waals surface area contributed by atoms with Crippen molar-refractivity contribution in [2.45, 2.75) is 32.6 Å². The molecule has 2 aromatic rings. The number of aromatic nitrogens is 2. The van der Waals surface area contributed by atoms with Crippen LogP contribution in [0.5, 0.6) is 0 Å². The molecule has 1 aromatic heterocycles. The van der Waals surface area contributed by atoms with Gasteiger partial charge < -0.3 is 9.80 Å². The number of unbranched alkanes of at least 4 members (excludes halogenated alkanes) is 1. The molecule has 0 N–H and O–H groups in total. The van der Waals surface area contributed by atoms with Crippen molar-refractivity contribution in [1.82, 2.24) is 14.9 Å². The first kappa shape index (κ1) is 19.3. The Balaban J connectivity index is 1.65. The smallest absolute Gasteiger partial charge is 0.227 e. The Hall–Kier alpha value is -2.50. The number of hydrogen-bond acceptors (Lipinski definition) is 4. The van der Waals surface area contributed by atoms with Crippen molar-refractivity contribution >= 4 is 11.9 Å². The van der Waals surface area contributed by atoms with Gasteiger partial charge in [0.05, 0.1) is 5.92 Å². The van der Waals surface area contributed by atoms with E-state index in [0.29, 0.717) is 12.5 Å². The second-order valence-electron chi connectivity index (χ2n) is 7.18. The summed E-state index contributed by atoms with van der Waals surface area (Å²) in [5, 5.41) is 0. The van der Waals surface area contributed by atoms with Gasteiger partial charge in [-0.1, -0.05) is 25.5 Å². The zero-order chi connectivity index (χ0) is 19.2. The highest BCUT2D eigenvalue weighted by Gasteiger charge is 2.28. The first-order chi connectivity index (χ1) is 13.1. The lowest BCUT2D eigenvalue weighted by atomic mass is 9.96. The Morgan fingerprint density at radius 2 is 1.93 bits per heavy atom. The van der Waals surface area contributed by atoms with Gasteiger partial charge in [0.15, 0.2) is 0 Å².